The number of carbonyl (C=O) groups is 3. The topological polar surface area (TPSA) is 105 Å². The van der Waals surface area contributed by atoms with Gasteiger partial charge in [0.05, 0.1) is 6.42 Å². The van der Waals surface area contributed by atoms with E-state index < -0.39 is 30.4 Å². The maximum absolute atomic E-state index is 12.3. The van der Waals surface area contributed by atoms with Crippen molar-refractivity contribution in [2.45, 2.75) is 18.4 Å². The number of carbonyl (C=O) groups excluding carboxylic acids is 2. The Bertz CT molecular complexity index is 895. The van der Waals surface area contributed by atoms with Crippen molar-refractivity contribution in [1.82, 2.24) is 10.6 Å². The lowest BCUT2D eigenvalue weighted by molar-refractivity contribution is -0.139. The number of hydrogen-bond donors (Lipinski definition) is 3. The van der Waals surface area contributed by atoms with E-state index in [9.17, 15) is 14.4 Å². The van der Waals surface area contributed by atoms with E-state index in [1.165, 1.54) is 6.08 Å². The highest BCUT2D eigenvalue weighted by molar-refractivity contribution is 5.89. The van der Waals surface area contributed by atoms with Crippen LogP contribution < -0.4 is 10.6 Å². The van der Waals surface area contributed by atoms with Crippen LogP contribution in [0.3, 0.4) is 0 Å². The lowest BCUT2D eigenvalue weighted by atomic mass is 9.98. The SMILES string of the molecule is C=CCNC(=O)C(CC(=O)O)NC(=O)OCC1c2ccccc2-c2ccccc21. The van der Waals surface area contributed by atoms with Crippen molar-refractivity contribution in [1.29, 1.82) is 0 Å². The molecule has 0 aromatic heterocycles. The first-order chi connectivity index (χ1) is 14.0. The largest absolute Gasteiger partial charge is 0.481 e. The Morgan fingerprint density at radius 3 is 2.21 bits per heavy atom. The van der Waals surface area contributed by atoms with Crippen LogP contribution in [-0.4, -0.2) is 42.3 Å². The van der Waals surface area contributed by atoms with E-state index in [1.54, 1.807) is 0 Å². The summed E-state index contributed by atoms with van der Waals surface area (Å²) < 4.78 is 5.36. The summed E-state index contributed by atoms with van der Waals surface area (Å²) in [4.78, 5) is 35.4. The van der Waals surface area contributed by atoms with Crippen LogP contribution >= 0.6 is 0 Å². The second-order valence-corrected chi connectivity index (χ2v) is 6.65. The number of rotatable bonds is 8. The molecule has 0 radical (unpaired) electrons. The van der Waals surface area contributed by atoms with E-state index >= 15 is 0 Å². The van der Waals surface area contributed by atoms with Crippen LogP contribution in [0.5, 0.6) is 0 Å². The second kappa shape index (κ2) is 9.05. The minimum Gasteiger partial charge on any atom is -0.481 e. The van der Waals surface area contributed by atoms with Gasteiger partial charge in [-0.15, -0.1) is 6.58 Å². The van der Waals surface area contributed by atoms with Gasteiger partial charge < -0.3 is 20.5 Å². The zero-order chi connectivity index (χ0) is 20.8. The normalized spacial score (nSPS) is 13.0. The molecule has 1 atom stereocenters. The standard InChI is InChI=1S/C22H22N2O5/c1-2-11-23-21(27)19(12-20(25)26)24-22(28)29-13-18-16-9-5-3-7-14(16)15-8-4-6-10-17(15)18/h2-10,18-19H,1,11-13H2,(H,23,27)(H,24,28)(H,25,26). The molecule has 0 heterocycles. The van der Waals surface area contributed by atoms with Gasteiger partial charge in [0.15, 0.2) is 0 Å². The summed E-state index contributed by atoms with van der Waals surface area (Å²) in [6.07, 6.45) is 0.0720. The summed E-state index contributed by atoms with van der Waals surface area (Å²) in [5.41, 5.74) is 4.33. The molecular weight excluding hydrogens is 372 g/mol. The lowest BCUT2D eigenvalue weighted by Gasteiger charge is -2.18. The first kappa shape index (κ1) is 20.1. The van der Waals surface area contributed by atoms with Gasteiger partial charge in [-0.25, -0.2) is 4.79 Å². The Morgan fingerprint density at radius 1 is 1.07 bits per heavy atom. The summed E-state index contributed by atoms with van der Waals surface area (Å²) in [5, 5.41) is 13.8. The van der Waals surface area contributed by atoms with Crippen molar-refractivity contribution < 1.29 is 24.2 Å². The number of fused-ring (bicyclic) bond motifs is 3. The number of nitrogens with one attached hydrogen (secondary N) is 2. The number of ether oxygens (including phenoxy) is 1. The van der Waals surface area contributed by atoms with Gasteiger partial charge >= 0.3 is 12.1 Å². The van der Waals surface area contributed by atoms with Gasteiger partial charge in [0.1, 0.15) is 12.6 Å². The minimum atomic E-state index is -1.23. The van der Waals surface area contributed by atoms with E-state index in [2.05, 4.69) is 17.2 Å². The van der Waals surface area contributed by atoms with Crippen LogP contribution in [-0.2, 0) is 14.3 Å². The van der Waals surface area contributed by atoms with E-state index in [-0.39, 0.29) is 19.1 Å². The van der Waals surface area contributed by atoms with Crippen LogP contribution in [0.4, 0.5) is 4.79 Å². The van der Waals surface area contributed by atoms with E-state index in [0.717, 1.165) is 22.3 Å². The smallest absolute Gasteiger partial charge is 0.407 e. The van der Waals surface area contributed by atoms with Crippen molar-refractivity contribution in [2.75, 3.05) is 13.2 Å². The molecule has 29 heavy (non-hydrogen) atoms. The van der Waals surface area contributed by atoms with Gasteiger partial charge in [-0.05, 0) is 22.3 Å². The first-order valence-corrected chi connectivity index (χ1v) is 9.23. The molecule has 2 aromatic rings. The van der Waals surface area contributed by atoms with Gasteiger partial charge in [-0.2, -0.15) is 0 Å². The number of alkyl carbamates (subject to hydrolysis) is 1. The fourth-order valence-electron chi connectivity index (χ4n) is 3.46. The van der Waals surface area contributed by atoms with Crippen molar-refractivity contribution in [3.63, 3.8) is 0 Å². The molecule has 2 aromatic carbocycles. The summed E-state index contributed by atoms with van der Waals surface area (Å²) >= 11 is 0. The van der Waals surface area contributed by atoms with Crippen molar-refractivity contribution >= 4 is 18.0 Å². The molecule has 150 valence electrons. The highest BCUT2D eigenvalue weighted by Gasteiger charge is 2.30. The predicted molar refractivity (Wildman–Crippen MR) is 107 cm³/mol. The monoisotopic (exact) mass is 394 g/mol. The molecule has 3 rings (SSSR count). The molecular formula is C22H22N2O5. The van der Waals surface area contributed by atoms with Crippen LogP contribution in [0.2, 0.25) is 0 Å². The predicted octanol–water partition coefficient (Wildman–Crippen LogP) is 2.67. The number of amides is 2. The molecule has 0 bridgehead atoms. The summed E-state index contributed by atoms with van der Waals surface area (Å²) in [6, 6.07) is 14.6. The number of aliphatic carboxylic acids is 1. The van der Waals surface area contributed by atoms with Crippen LogP contribution in [0.15, 0.2) is 61.2 Å². The van der Waals surface area contributed by atoms with Crippen LogP contribution in [0.1, 0.15) is 23.5 Å². The molecule has 1 aliphatic carbocycles. The Labute approximate surface area is 168 Å². The molecule has 0 spiro atoms. The molecule has 0 saturated heterocycles. The highest BCUT2D eigenvalue weighted by Crippen LogP contribution is 2.44. The van der Waals surface area contributed by atoms with E-state index in [0.29, 0.717) is 0 Å². The van der Waals surface area contributed by atoms with Crippen LogP contribution in [0.25, 0.3) is 11.1 Å². The molecule has 3 N–H and O–H groups in total. The molecule has 7 heteroatoms. The average Bonchev–Trinajstić information content (AvgIpc) is 3.03. The van der Waals surface area contributed by atoms with Crippen molar-refractivity contribution in [3.8, 4) is 11.1 Å². The third-order valence-corrected chi connectivity index (χ3v) is 4.75. The van der Waals surface area contributed by atoms with Gasteiger partial charge in [0.25, 0.3) is 0 Å². The molecule has 0 aliphatic heterocycles. The molecule has 7 nitrogen and oxygen atoms in total. The number of carboxylic acids is 1. The number of carboxylic acid groups (broad SMARTS) is 1. The summed E-state index contributed by atoms with van der Waals surface area (Å²) in [5.74, 6) is -1.94. The van der Waals surface area contributed by atoms with Crippen molar-refractivity contribution in [3.05, 3.63) is 72.3 Å². The fraction of sp³-hybridized carbons (Fsp3) is 0.227. The Morgan fingerprint density at radius 2 is 1.66 bits per heavy atom. The Kier molecular flexibility index (Phi) is 6.29. The van der Waals surface area contributed by atoms with E-state index in [4.69, 9.17) is 9.84 Å². The zero-order valence-corrected chi connectivity index (χ0v) is 15.8. The minimum absolute atomic E-state index is 0.0773. The van der Waals surface area contributed by atoms with Gasteiger partial charge in [-0.1, -0.05) is 54.6 Å². The Hall–Kier alpha value is -3.61. The van der Waals surface area contributed by atoms with Crippen molar-refractivity contribution in [2.24, 2.45) is 0 Å². The lowest BCUT2D eigenvalue weighted by Crippen LogP contribution is -2.48. The summed E-state index contributed by atoms with van der Waals surface area (Å²) in [7, 11) is 0. The molecule has 1 unspecified atom stereocenters. The molecule has 0 saturated carbocycles. The van der Waals surface area contributed by atoms with Gasteiger partial charge in [0, 0.05) is 12.5 Å². The second-order valence-electron chi connectivity index (χ2n) is 6.65. The maximum atomic E-state index is 12.3. The third-order valence-electron chi connectivity index (χ3n) is 4.75. The number of benzene rings is 2. The van der Waals surface area contributed by atoms with Crippen LogP contribution in [0, 0.1) is 0 Å². The first-order valence-electron chi connectivity index (χ1n) is 9.23. The fourth-order valence-corrected chi connectivity index (χ4v) is 3.46. The zero-order valence-electron chi connectivity index (χ0n) is 15.8. The van der Waals surface area contributed by atoms with Gasteiger partial charge in [-0.3, -0.25) is 9.59 Å². The summed E-state index contributed by atoms with van der Waals surface area (Å²) in [6.45, 7) is 3.73. The highest BCUT2D eigenvalue weighted by atomic mass is 16.5. The average molecular weight is 394 g/mol. The Balaban J connectivity index is 1.67. The molecule has 0 fully saturated rings. The number of hydrogen-bond acceptors (Lipinski definition) is 4. The quantitative estimate of drug-likeness (QED) is 0.597. The molecule has 1 aliphatic rings. The van der Waals surface area contributed by atoms with Gasteiger partial charge in [0.2, 0.25) is 5.91 Å². The third kappa shape index (κ3) is 4.63. The molecule has 2 amide bonds. The maximum Gasteiger partial charge on any atom is 0.407 e. The van der Waals surface area contributed by atoms with E-state index in [1.807, 2.05) is 48.5 Å².